The molecule has 2 aromatic rings. The van der Waals surface area contributed by atoms with Crippen LogP contribution in [0, 0.1) is 5.92 Å². The van der Waals surface area contributed by atoms with Crippen molar-refractivity contribution in [1.82, 2.24) is 10.2 Å². The molecule has 0 atom stereocenters. The zero-order valence-corrected chi connectivity index (χ0v) is 13.3. The number of carbonyl (C=O) groups excluding carboxylic acids is 1. The minimum Gasteiger partial charge on any atom is -0.309 e. The molecule has 0 unspecified atom stereocenters. The van der Waals surface area contributed by atoms with Crippen LogP contribution in [-0.4, -0.2) is 16.1 Å². The van der Waals surface area contributed by atoms with Gasteiger partial charge in [-0.25, -0.2) is 0 Å². The SMILES string of the molecule is O=C(Nc1ccc(SCc2ccc(C(F)(F)F)cc2)nn1)C1CC1. The summed E-state index contributed by atoms with van der Waals surface area (Å²) in [5.41, 5.74) is 0.104. The zero-order valence-electron chi connectivity index (χ0n) is 12.5. The van der Waals surface area contributed by atoms with Gasteiger partial charge in [-0.2, -0.15) is 13.2 Å². The quantitative estimate of drug-likeness (QED) is 0.821. The van der Waals surface area contributed by atoms with Crippen LogP contribution in [0.2, 0.25) is 0 Å². The molecular weight excluding hydrogens is 339 g/mol. The Morgan fingerprint density at radius 2 is 1.83 bits per heavy atom. The van der Waals surface area contributed by atoms with Crippen LogP contribution in [0.1, 0.15) is 24.0 Å². The van der Waals surface area contributed by atoms with Crippen LogP contribution in [-0.2, 0) is 16.7 Å². The molecule has 0 saturated heterocycles. The van der Waals surface area contributed by atoms with E-state index in [1.165, 1.54) is 23.9 Å². The largest absolute Gasteiger partial charge is 0.416 e. The second-order valence-electron chi connectivity index (χ2n) is 5.50. The Kier molecular flexibility index (Phi) is 4.75. The summed E-state index contributed by atoms with van der Waals surface area (Å²) in [5.74, 6) is 0.960. The number of amides is 1. The number of aromatic nitrogens is 2. The molecule has 1 aliphatic rings. The van der Waals surface area contributed by atoms with Crippen molar-refractivity contribution in [2.45, 2.75) is 29.8 Å². The molecule has 4 nitrogen and oxygen atoms in total. The molecule has 0 bridgehead atoms. The topological polar surface area (TPSA) is 54.9 Å². The third-order valence-corrected chi connectivity index (χ3v) is 4.50. The van der Waals surface area contributed by atoms with E-state index in [1.54, 1.807) is 12.1 Å². The monoisotopic (exact) mass is 353 g/mol. The van der Waals surface area contributed by atoms with E-state index >= 15 is 0 Å². The number of carbonyl (C=O) groups is 1. The lowest BCUT2D eigenvalue weighted by molar-refractivity contribution is -0.137. The van der Waals surface area contributed by atoms with E-state index in [2.05, 4.69) is 15.5 Å². The van der Waals surface area contributed by atoms with Gasteiger partial charge in [-0.15, -0.1) is 10.2 Å². The number of nitrogens with one attached hydrogen (secondary N) is 1. The molecule has 1 aromatic carbocycles. The van der Waals surface area contributed by atoms with Crippen molar-refractivity contribution in [2.75, 3.05) is 5.32 Å². The fourth-order valence-electron chi connectivity index (χ4n) is 1.98. The van der Waals surface area contributed by atoms with E-state index in [9.17, 15) is 18.0 Å². The summed E-state index contributed by atoms with van der Waals surface area (Å²) in [6, 6.07) is 8.43. The zero-order chi connectivity index (χ0) is 17.2. The second kappa shape index (κ2) is 6.80. The number of benzene rings is 1. The molecule has 1 amide bonds. The summed E-state index contributed by atoms with van der Waals surface area (Å²) in [4.78, 5) is 11.6. The summed E-state index contributed by atoms with van der Waals surface area (Å²) >= 11 is 1.37. The predicted octanol–water partition coefficient (Wildman–Crippen LogP) is 4.14. The Hall–Kier alpha value is -2.09. The van der Waals surface area contributed by atoms with Crippen molar-refractivity contribution in [3.63, 3.8) is 0 Å². The molecule has 1 heterocycles. The van der Waals surface area contributed by atoms with Crippen molar-refractivity contribution in [3.05, 3.63) is 47.5 Å². The first-order valence-corrected chi connectivity index (χ1v) is 8.34. The molecule has 0 aliphatic heterocycles. The molecule has 1 saturated carbocycles. The summed E-state index contributed by atoms with van der Waals surface area (Å²) in [6.45, 7) is 0. The van der Waals surface area contributed by atoms with E-state index in [4.69, 9.17) is 0 Å². The third-order valence-electron chi connectivity index (χ3n) is 3.51. The van der Waals surface area contributed by atoms with Crippen molar-refractivity contribution >= 4 is 23.5 Å². The number of nitrogens with zero attached hydrogens (tertiary/aromatic N) is 2. The molecule has 126 valence electrons. The molecule has 1 N–H and O–H groups in total. The molecular formula is C16H14F3N3OS. The van der Waals surface area contributed by atoms with Gasteiger partial charge >= 0.3 is 6.18 Å². The highest BCUT2D eigenvalue weighted by molar-refractivity contribution is 7.98. The Labute approximate surface area is 140 Å². The average molecular weight is 353 g/mol. The summed E-state index contributed by atoms with van der Waals surface area (Å²) in [6.07, 6.45) is -2.49. The maximum absolute atomic E-state index is 12.5. The maximum atomic E-state index is 12.5. The highest BCUT2D eigenvalue weighted by Crippen LogP contribution is 2.31. The summed E-state index contributed by atoms with van der Waals surface area (Å²) in [5, 5.41) is 11.3. The van der Waals surface area contributed by atoms with Gasteiger partial charge in [0.1, 0.15) is 5.03 Å². The Morgan fingerprint density at radius 1 is 1.12 bits per heavy atom. The fourth-order valence-corrected chi connectivity index (χ4v) is 2.75. The summed E-state index contributed by atoms with van der Waals surface area (Å²) < 4.78 is 37.5. The fraction of sp³-hybridized carbons (Fsp3) is 0.312. The number of hydrogen-bond donors (Lipinski definition) is 1. The predicted molar refractivity (Wildman–Crippen MR) is 84.4 cm³/mol. The summed E-state index contributed by atoms with van der Waals surface area (Å²) in [7, 11) is 0. The van der Waals surface area contributed by atoms with E-state index in [1.807, 2.05) is 0 Å². The maximum Gasteiger partial charge on any atom is 0.416 e. The van der Waals surface area contributed by atoms with Gasteiger partial charge in [0.2, 0.25) is 5.91 Å². The third kappa shape index (κ3) is 4.47. The van der Waals surface area contributed by atoms with Crippen LogP contribution in [0.4, 0.5) is 19.0 Å². The average Bonchev–Trinajstić information content (AvgIpc) is 3.39. The minimum absolute atomic E-state index is 0.0329. The van der Waals surface area contributed by atoms with Gasteiger partial charge in [0.05, 0.1) is 5.56 Å². The molecule has 1 fully saturated rings. The number of anilines is 1. The lowest BCUT2D eigenvalue weighted by Crippen LogP contribution is -2.14. The molecule has 1 aromatic heterocycles. The van der Waals surface area contributed by atoms with Crippen molar-refractivity contribution in [1.29, 1.82) is 0 Å². The van der Waals surface area contributed by atoms with E-state index in [0.717, 1.165) is 30.5 Å². The van der Waals surface area contributed by atoms with Crippen LogP contribution in [0.3, 0.4) is 0 Å². The van der Waals surface area contributed by atoms with E-state index in [-0.39, 0.29) is 11.8 Å². The van der Waals surface area contributed by atoms with Gasteiger partial charge in [-0.1, -0.05) is 23.9 Å². The van der Waals surface area contributed by atoms with Crippen molar-refractivity contribution in [3.8, 4) is 0 Å². The Balaban J connectivity index is 1.53. The van der Waals surface area contributed by atoms with Gasteiger partial charge in [-0.3, -0.25) is 4.79 Å². The van der Waals surface area contributed by atoms with Crippen LogP contribution in [0.25, 0.3) is 0 Å². The smallest absolute Gasteiger partial charge is 0.309 e. The molecule has 1 aliphatic carbocycles. The van der Waals surface area contributed by atoms with E-state index in [0.29, 0.717) is 16.6 Å². The van der Waals surface area contributed by atoms with Crippen LogP contribution < -0.4 is 5.32 Å². The van der Waals surface area contributed by atoms with Crippen molar-refractivity contribution in [2.24, 2.45) is 5.92 Å². The van der Waals surface area contributed by atoms with Crippen LogP contribution in [0.15, 0.2) is 41.4 Å². The lowest BCUT2D eigenvalue weighted by Gasteiger charge is -2.07. The molecule has 8 heteroatoms. The molecule has 0 spiro atoms. The highest BCUT2D eigenvalue weighted by Gasteiger charge is 2.30. The number of halogens is 3. The first-order chi connectivity index (χ1) is 11.4. The van der Waals surface area contributed by atoms with Crippen LogP contribution >= 0.6 is 11.8 Å². The molecule has 0 radical (unpaired) electrons. The van der Waals surface area contributed by atoms with Gasteiger partial charge < -0.3 is 5.32 Å². The first-order valence-electron chi connectivity index (χ1n) is 7.35. The molecule has 3 rings (SSSR count). The van der Waals surface area contributed by atoms with Gasteiger partial charge in [0.25, 0.3) is 0 Å². The molecule has 24 heavy (non-hydrogen) atoms. The Morgan fingerprint density at radius 3 is 2.38 bits per heavy atom. The van der Waals surface area contributed by atoms with Gasteiger partial charge in [-0.05, 0) is 42.7 Å². The van der Waals surface area contributed by atoms with Gasteiger partial charge in [0.15, 0.2) is 5.82 Å². The standard InChI is InChI=1S/C16H14F3N3OS/c17-16(18,19)12-5-1-10(2-6-12)9-24-14-8-7-13(21-22-14)20-15(23)11-3-4-11/h1-2,5-8,11H,3-4,9H2,(H,20,21,23). The van der Waals surface area contributed by atoms with Crippen LogP contribution in [0.5, 0.6) is 0 Å². The number of hydrogen-bond acceptors (Lipinski definition) is 4. The number of alkyl halides is 3. The number of rotatable bonds is 5. The number of thioether (sulfide) groups is 1. The highest BCUT2D eigenvalue weighted by atomic mass is 32.2. The normalized spacial score (nSPS) is 14.5. The minimum atomic E-state index is -4.32. The lowest BCUT2D eigenvalue weighted by atomic mass is 10.1. The van der Waals surface area contributed by atoms with Gasteiger partial charge in [0, 0.05) is 11.7 Å². The first kappa shape index (κ1) is 16.8. The van der Waals surface area contributed by atoms with Crippen molar-refractivity contribution < 1.29 is 18.0 Å². The van der Waals surface area contributed by atoms with E-state index < -0.39 is 11.7 Å². The Bertz CT molecular complexity index is 713. The second-order valence-corrected chi connectivity index (χ2v) is 6.50.